The summed E-state index contributed by atoms with van der Waals surface area (Å²) in [7, 11) is 0. The van der Waals surface area contributed by atoms with Crippen LogP contribution in [0.5, 0.6) is 0 Å². The van der Waals surface area contributed by atoms with E-state index in [1.165, 1.54) is 76.8 Å². The number of nitrogens with zero attached hydrogens (tertiary/aromatic N) is 2. The van der Waals surface area contributed by atoms with Crippen LogP contribution in [-0.4, -0.2) is 0 Å². The first-order chi connectivity index (χ1) is 33.7. The largest absolute Gasteiger partial charge is 0.311 e. The normalized spacial score (nSPS) is 11.2. The van der Waals surface area contributed by atoms with E-state index < -0.39 is 0 Å². The quantitative estimate of drug-likeness (QED) is 0.126. The molecular formula is C66H46N2. The van der Waals surface area contributed by atoms with Crippen molar-refractivity contribution < 1.29 is 0 Å². The van der Waals surface area contributed by atoms with Gasteiger partial charge in [0.15, 0.2) is 0 Å². The summed E-state index contributed by atoms with van der Waals surface area (Å²) in [5.74, 6) is 0. The Kier molecular flexibility index (Phi) is 10.6. The van der Waals surface area contributed by atoms with E-state index in [-0.39, 0.29) is 0 Å². The lowest BCUT2D eigenvalue weighted by atomic mass is 9.86. The van der Waals surface area contributed by atoms with Gasteiger partial charge in [-0.2, -0.15) is 0 Å². The fourth-order valence-corrected chi connectivity index (χ4v) is 9.96. The van der Waals surface area contributed by atoms with E-state index in [0.717, 1.165) is 34.1 Å². The van der Waals surface area contributed by atoms with E-state index in [1.807, 2.05) is 0 Å². The lowest BCUT2D eigenvalue weighted by molar-refractivity contribution is 1.26. The first-order valence-electron chi connectivity index (χ1n) is 23.3. The number of hydrogen-bond acceptors (Lipinski definition) is 2. The van der Waals surface area contributed by atoms with Crippen molar-refractivity contribution in [2.75, 3.05) is 9.80 Å². The molecule has 2 nitrogen and oxygen atoms in total. The molecule has 0 aromatic heterocycles. The molecule has 0 fully saturated rings. The summed E-state index contributed by atoms with van der Waals surface area (Å²) < 4.78 is 0. The summed E-state index contributed by atoms with van der Waals surface area (Å²) in [5.41, 5.74) is 16.2. The molecule has 0 N–H and O–H groups in total. The van der Waals surface area contributed by atoms with Gasteiger partial charge in [-0.25, -0.2) is 0 Å². The van der Waals surface area contributed by atoms with Crippen molar-refractivity contribution in [3.63, 3.8) is 0 Å². The van der Waals surface area contributed by atoms with Gasteiger partial charge in [0.1, 0.15) is 0 Å². The number of benzene rings is 12. The zero-order valence-corrected chi connectivity index (χ0v) is 37.5. The highest BCUT2D eigenvalue weighted by atomic mass is 15.2. The Labute approximate surface area is 397 Å². The van der Waals surface area contributed by atoms with Crippen molar-refractivity contribution in [3.8, 4) is 44.5 Å². The molecule has 0 aliphatic carbocycles. The number of para-hydroxylation sites is 2. The minimum Gasteiger partial charge on any atom is -0.311 e. The Morgan fingerprint density at radius 1 is 0.176 bits per heavy atom. The van der Waals surface area contributed by atoms with Crippen LogP contribution in [0.4, 0.5) is 34.1 Å². The Balaban J connectivity index is 0.935. The second-order valence-electron chi connectivity index (χ2n) is 17.3. The smallest absolute Gasteiger partial charge is 0.0463 e. The van der Waals surface area contributed by atoms with Crippen molar-refractivity contribution in [1.82, 2.24) is 0 Å². The Morgan fingerprint density at radius 3 is 0.897 bits per heavy atom. The molecule has 0 saturated heterocycles. The molecule has 0 bridgehead atoms. The first kappa shape index (κ1) is 40.5. The molecule has 0 spiro atoms. The molecule has 12 aromatic carbocycles. The van der Waals surface area contributed by atoms with Crippen LogP contribution < -0.4 is 9.80 Å². The number of hydrogen-bond donors (Lipinski definition) is 0. The molecule has 0 atom stereocenters. The minimum absolute atomic E-state index is 1.07. The molecule has 68 heavy (non-hydrogen) atoms. The van der Waals surface area contributed by atoms with Gasteiger partial charge >= 0.3 is 0 Å². The lowest BCUT2D eigenvalue weighted by Crippen LogP contribution is -2.12. The van der Waals surface area contributed by atoms with Crippen LogP contribution >= 0.6 is 0 Å². The molecular weight excluding hydrogens is 821 g/mol. The molecule has 320 valence electrons. The van der Waals surface area contributed by atoms with Gasteiger partial charge in [-0.15, -0.1) is 0 Å². The zero-order valence-electron chi connectivity index (χ0n) is 37.5. The lowest BCUT2D eigenvalue weighted by Gasteiger charge is -2.28. The zero-order chi connectivity index (χ0) is 45.2. The third-order valence-corrected chi connectivity index (χ3v) is 13.2. The van der Waals surface area contributed by atoms with Crippen LogP contribution in [0.3, 0.4) is 0 Å². The maximum Gasteiger partial charge on any atom is 0.0463 e. The van der Waals surface area contributed by atoms with E-state index >= 15 is 0 Å². The average molecular weight is 867 g/mol. The average Bonchev–Trinajstić information content (AvgIpc) is 3.42. The van der Waals surface area contributed by atoms with E-state index in [4.69, 9.17) is 0 Å². The summed E-state index contributed by atoms with van der Waals surface area (Å²) in [5, 5.41) is 7.50. The van der Waals surface area contributed by atoms with Crippen LogP contribution in [0.1, 0.15) is 0 Å². The second-order valence-corrected chi connectivity index (χ2v) is 17.3. The highest BCUT2D eigenvalue weighted by Gasteiger charge is 2.19. The standard InChI is InChI=1S/C66H46N2/c1-4-17-51(18-5-1)65-61-24-12-14-26-63(61)66(64-27-15-13-25-62(64)65)52-36-40-58(41-37-52)68(60-44-42-59(43-45-60)67(55-20-6-2-7-21-55)56-22-8-3-9-23-56)57-38-34-49(35-39-57)48-28-30-50(31-29-48)54-33-32-47-16-10-11-19-53(47)46-54/h1-46H. The second kappa shape index (κ2) is 17.8. The highest BCUT2D eigenvalue weighted by molar-refractivity contribution is 6.21. The Morgan fingerprint density at radius 2 is 0.456 bits per heavy atom. The molecule has 0 saturated carbocycles. The molecule has 0 aliphatic rings. The molecule has 0 unspecified atom stereocenters. The SMILES string of the molecule is c1ccc(-c2c3ccccc3c(-c3ccc(N(c4ccc(-c5ccc(-c6ccc7ccccc7c6)cc5)cc4)c4ccc(N(c5ccccc5)c5ccccc5)cc4)cc3)c3ccccc23)cc1. The van der Waals surface area contributed by atoms with E-state index in [2.05, 4.69) is 289 Å². The molecule has 2 heteroatoms. The highest BCUT2D eigenvalue weighted by Crippen LogP contribution is 2.45. The summed E-state index contributed by atoms with van der Waals surface area (Å²) in [6.45, 7) is 0. The molecule has 0 heterocycles. The summed E-state index contributed by atoms with van der Waals surface area (Å²) in [4.78, 5) is 4.67. The predicted molar refractivity (Wildman–Crippen MR) is 290 cm³/mol. The number of rotatable bonds is 10. The molecule has 12 aromatic rings. The molecule has 0 amide bonds. The topological polar surface area (TPSA) is 6.48 Å². The van der Waals surface area contributed by atoms with Crippen LogP contribution in [0, 0.1) is 0 Å². The van der Waals surface area contributed by atoms with Crippen LogP contribution in [0.25, 0.3) is 76.8 Å². The first-order valence-corrected chi connectivity index (χ1v) is 23.3. The van der Waals surface area contributed by atoms with Crippen molar-refractivity contribution in [2.45, 2.75) is 0 Å². The third kappa shape index (κ3) is 7.64. The van der Waals surface area contributed by atoms with Crippen LogP contribution in [0.2, 0.25) is 0 Å². The van der Waals surface area contributed by atoms with Crippen molar-refractivity contribution in [1.29, 1.82) is 0 Å². The summed E-state index contributed by atoms with van der Waals surface area (Å²) in [6.07, 6.45) is 0. The fourth-order valence-electron chi connectivity index (χ4n) is 9.96. The van der Waals surface area contributed by atoms with Gasteiger partial charge in [-0.1, -0.05) is 200 Å². The fraction of sp³-hybridized carbons (Fsp3) is 0. The Hall–Kier alpha value is -8.98. The maximum absolute atomic E-state index is 2.37. The van der Waals surface area contributed by atoms with Gasteiger partial charge in [-0.3, -0.25) is 0 Å². The van der Waals surface area contributed by atoms with Gasteiger partial charge in [-0.05, 0) is 156 Å². The van der Waals surface area contributed by atoms with Gasteiger partial charge in [0.25, 0.3) is 0 Å². The van der Waals surface area contributed by atoms with Crippen molar-refractivity contribution in [3.05, 3.63) is 279 Å². The summed E-state index contributed by atoms with van der Waals surface area (Å²) in [6, 6.07) is 101. The third-order valence-electron chi connectivity index (χ3n) is 13.2. The van der Waals surface area contributed by atoms with Gasteiger partial charge in [0, 0.05) is 34.1 Å². The Bertz CT molecular complexity index is 3580. The van der Waals surface area contributed by atoms with Crippen molar-refractivity contribution >= 4 is 66.4 Å². The summed E-state index contributed by atoms with van der Waals surface area (Å²) >= 11 is 0. The van der Waals surface area contributed by atoms with Gasteiger partial charge in [0.2, 0.25) is 0 Å². The van der Waals surface area contributed by atoms with Crippen LogP contribution in [0.15, 0.2) is 279 Å². The maximum atomic E-state index is 2.37. The van der Waals surface area contributed by atoms with Gasteiger partial charge in [0.05, 0.1) is 0 Å². The minimum atomic E-state index is 1.07. The predicted octanol–water partition coefficient (Wildman–Crippen LogP) is 18.8. The number of anilines is 6. The van der Waals surface area contributed by atoms with E-state index in [1.54, 1.807) is 0 Å². The number of fused-ring (bicyclic) bond motifs is 3. The molecule has 0 aliphatic heterocycles. The van der Waals surface area contributed by atoms with E-state index in [0.29, 0.717) is 0 Å². The van der Waals surface area contributed by atoms with Crippen LogP contribution in [-0.2, 0) is 0 Å². The monoisotopic (exact) mass is 866 g/mol. The van der Waals surface area contributed by atoms with E-state index in [9.17, 15) is 0 Å². The van der Waals surface area contributed by atoms with Gasteiger partial charge < -0.3 is 9.80 Å². The van der Waals surface area contributed by atoms with Crippen molar-refractivity contribution in [2.24, 2.45) is 0 Å². The molecule has 12 rings (SSSR count). The molecule has 0 radical (unpaired) electrons.